The maximum absolute atomic E-state index is 11.8. The lowest BCUT2D eigenvalue weighted by Gasteiger charge is -2.20. The van der Waals surface area contributed by atoms with Crippen LogP contribution >= 0.6 is 11.8 Å². The van der Waals surface area contributed by atoms with E-state index >= 15 is 0 Å². The zero-order valence-corrected chi connectivity index (χ0v) is 9.20. The second-order valence-corrected chi connectivity index (χ2v) is 4.55. The van der Waals surface area contributed by atoms with Gasteiger partial charge in [0, 0.05) is 23.4 Å². The fourth-order valence-electron chi connectivity index (χ4n) is 1.47. The van der Waals surface area contributed by atoms with Crippen LogP contribution < -0.4 is 0 Å². The van der Waals surface area contributed by atoms with Gasteiger partial charge in [-0.25, -0.2) is 0 Å². The lowest BCUT2D eigenvalue weighted by atomic mass is 10.1. The van der Waals surface area contributed by atoms with Gasteiger partial charge in [-0.05, 0) is 12.1 Å². The summed E-state index contributed by atoms with van der Waals surface area (Å²) in [5, 5.41) is 0. The van der Waals surface area contributed by atoms with Crippen LogP contribution in [-0.2, 0) is 16.0 Å². The zero-order valence-electron chi connectivity index (χ0n) is 8.39. The monoisotopic (exact) mass is 223 g/mol. The molecule has 1 aliphatic heterocycles. The summed E-state index contributed by atoms with van der Waals surface area (Å²) in [6, 6.07) is 5.61. The third kappa shape index (κ3) is 3.04. The number of thioether (sulfide) groups is 1. The van der Waals surface area contributed by atoms with Gasteiger partial charge in [-0.2, -0.15) is 11.8 Å². The van der Waals surface area contributed by atoms with Crippen LogP contribution in [0.25, 0.3) is 0 Å². The highest BCUT2D eigenvalue weighted by Crippen LogP contribution is 2.14. The maximum atomic E-state index is 11.8. The van der Waals surface area contributed by atoms with Crippen LogP contribution in [0, 0.1) is 0 Å². The quantitative estimate of drug-likeness (QED) is 0.775. The van der Waals surface area contributed by atoms with E-state index in [4.69, 9.17) is 4.74 Å². The number of Topliss-reactive ketones (excluding diaryl/α,β-unsaturated/α-hetero) is 1. The predicted octanol–water partition coefficient (Wildman–Crippen LogP) is 1.33. The smallest absolute Gasteiger partial charge is 0.168 e. The van der Waals surface area contributed by atoms with E-state index < -0.39 is 0 Å². The molecule has 4 heteroatoms. The van der Waals surface area contributed by atoms with E-state index in [9.17, 15) is 4.79 Å². The molecule has 1 atom stereocenters. The number of hydrogen-bond acceptors (Lipinski definition) is 4. The Morgan fingerprint density at radius 1 is 1.60 bits per heavy atom. The summed E-state index contributed by atoms with van der Waals surface area (Å²) in [6.07, 6.45) is 1.86. The van der Waals surface area contributed by atoms with Gasteiger partial charge >= 0.3 is 0 Å². The number of rotatable bonds is 3. The fourth-order valence-corrected chi connectivity index (χ4v) is 2.35. The Labute approximate surface area is 93.2 Å². The Balaban J connectivity index is 1.91. The average molecular weight is 223 g/mol. The van der Waals surface area contributed by atoms with E-state index in [2.05, 4.69) is 4.98 Å². The highest BCUT2D eigenvalue weighted by Gasteiger charge is 2.22. The Bertz CT molecular complexity index is 323. The van der Waals surface area contributed by atoms with Crippen molar-refractivity contribution in [2.45, 2.75) is 12.5 Å². The van der Waals surface area contributed by atoms with Crippen molar-refractivity contribution in [1.82, 2.24) is 4.98 Å². The highest BCUT2D eigenvalue weighted by atomic mass is 32.2. The molecule has 1 fully saturated rings. The van der Waals surface area contributed by atoms with Crippen LogP contribution in [0.15, 0.2) is 24.4 Å². The summed E-state index contributed by atoms with van der Waals surface area (Å²) in [4.78, 5) is 15.9. The second kappa shape index (κ2) is 5.28. The molecular formula is C11H13NO2S. The van der Waals surface area contributed by atoms with Gasteiger partial charge in [0.25, 0.3) is 0 Å². The molecule has 0 saturated carbocycles. The number of ether oxygens (including phenoxy) is 1. The van der Waals surface area contributed by atoms with Gasteiger partial charge in [0.1, 0.15) is 6.10 Å². The molecule has 0 aliphatic carbocycles. The molecule has 15 heavy (non-hydrogen) atoms. The molecule has 2 rings (SSSR count). The number of hydrogen-bond donors (Lipinski definition) is 0. The third-order valence-corrected chi connectivity index (χ3v) is 3.25. The van der Waals surface area contributed by atoms with Crippen molar-refractivity contribution in [3.05, 3.63) is 30.1 Å². The van der Waals surface area contributed by atoms with Crippen LogP contribution in [0.5, 0.6) is 0 Å². The second-order valence-electron chi connectivity index (χ2n) is 3.40. The Morgan fingerprint density at radius 2 is 2.53 bits per heavy atom. The third-order valence-electron chi connectivity index (χ3n) is 2.26. The van der Waals surface area contributed by atoms with Gasteiger partial charge in [0.05, 0.1) is 13.0 Å². The summed E-state index contributed by atoms with van der Waals surface area (Å²) < 4.78 is 5.41. The molecule has 0 radical (unpaired) electrons. The van der Waals surface area contributed by atoms with E-state index in [0.29, 0.717) is 13.0 Å². The molecule has 3 nitrogen and oxygen atoms in total. The van der Waals surface area contributed by atoms with Crippen molar-refractivity contribution < 1.29 is 9.53 Å². The molecule has 2 heterocycles. The van der Waals surface area contributed by atoms with E-state index in [0.717, 1.165) is 17.2 Å². The molecule has 0 spiro atoms. The van der Waals surface area contributed by atoms with Crippen LogP contribution in [0.4, 0.5) is 0 Å². The minimum Gasteiger partial charge on any atom is -0.369 e. The Morgan fingerprint density at radius 3 is 3.20 bits per heavy atom. The zero-order chi connectivity index (χ0) is 10.5. The predicted molar refractivity (Wildman–Crippen MR) is 60.0 cm³/mol. The van der Waals surface area contributed by atoms with Gasteiger partial charge in [-0.15, -0.1) is 0 Å². The molecule has 1 aromatic rings. The molecule has 1 unspecified atom stereocenters. The SMILES string of the molecule is O=C(Cc1ccccn1)C1CSCCO1. The van der Waals surface area contributed by atoms with Gasteiger partial charge in [0.2, 0.25) is 0 Å². The van der Waals surface area contributed by atoms with Gasteiger partial charge < -0.3 is 4.74 Å². The molecule has 0 N–H and O–H groups in total. The Kier molecular flexibility index (Phi) is 3.75. The van der Waals surface area contributed by atoms with Crippen molar-refractivity contribution in [2.75, 3.05) is 18.1 Å². The number of nitrogens with zero attached hydrogens (tertiary/aromatic N) is 1. The van der Waals surface area contributed by atoms with Gasteiger partial charge in [-0.3, -0.25) is 9.78 Å². The number of ketones is 1. The molecule has 0 amide bonds. The first-order valence-corrected chi connectivity index (χ1v) is 6.14. The van der Waals surface area contributed by atoms with Gasteiger partial charge in [-0.1, -0.05) is 6.07 Å². The standard InChI is InChI=1S/C11H13NO2S/c13-10(11-8-15-6-5-14-11)7-9-3-1-2-4-12-9/h1-4,11H,5-8H2. The Hall–Kier alpha value is -0.870. The van der Waals surface area contributed by atoms with Crippen LogP contribution in [0.1, 0.15) is 5.69 Å². The molecule has 0 aromatic carbocycles. The number of pyridine rings is 1. The lowest BCUT2D eigenvalue weighted by molar-refractivity contribution is -0.128. The molecule has 1 aliphatic rings. The van der Waals surface area contributed by atoms with Crippen molar-refractivity contribution in [3.8, 4) is 0 Å². The number of carbonyl (C=O) groups excluding carboxylic acids is 1. The summed E-state index contributed by atoms with van der Waals surface area (Å²) in [5.41, 5.74) is 0.821. The van der Waals surface area contributed by atoms with E-state index in [-0.39, 0.29) is 11.9 Å². The van der Waals surface area contributed by atoms with Crippen LogP contribution in [-0.4, -0.2) is 35.0 Å². The first-order chi connectivity index (χ1) is 7.36. The van der Waals surface area contributed by atoms with Crippen molar-refractivity contribution in [1.29, 1.82) is 0 Å². The minimum atomic E-state index is -0.231. The van der Waals surface area contributed by atoms with Crippen LogP contribution in [0.3, 0.4) is 0 Å². The lowest BCUT2D eigenvalue weighted by Crippen LogP contribution is -2.32. The van der Waals surface area contributed by atoms with Crippen molar-refractivity contribution >= 4 is 17.5 Å². The number of carbonyl (C=O) groups is 1. The molecule has 0 bridgehead atoms. The number of aromatic nitrogens is 1. The van der Waals surface area contributed by atoms with E-state index in [1.54, 1.807) is 18.0 Å². The summed E-state index contributed by atoms with van der Waals surface area (Å²) in [7, 11) is 0. The van der Waals surface area contributed by atoms with E-state index in [1.807, 2.05) is 18.2 Å². The fraction of sp³-hybridized carbons (Fsp3) is 0.455. The summed E-state index contributed by atoms with van der Waals surface area (Å²) in [5.74, 6) is 1.92. The largest absolute Gasteiger partial charge is 0.369 e. The average Bonchev–Trinajstić information content (AvgIpc) is 2.31. The first kappa shape index (κ1) is 10.6. The molecular weight excluding hydrogens is 210 g/mol. The van der Waals surface area contributed by atoms with Crippen LogP contribution in [0.2, 0.25) is 0 Å². The van der Waals surface area contributed by atoms with Crippen molar-refractivity contribution in [3.63, 3.8) is 0 Å². The van der Waals surface area contributed by atoms with E-state index in [1.165, 1.54) is 0 Å². The molecule has 1 saturated heterocycles. The minimum absolute atomic E-state index is 0.140. The normalized spacial score (nSPS) is 21.2. The molecule has 80 valence electrons. The summed E-state index contributed by atoms with van der Waals surface area (Å²) in [6.45, 7) is 0.684. The maximum Gasteiger partial charge on any atom is 0.168 e. The molecule has 1 aromatic heterocycles. The summed E-state index contributed by atoms with van der Waals surface area (Å²) >= 11 is 1.78. The van der Waals surface area contributed by atoms with Crippen molar-refractivity contribution in [2.24, 2.45) is 0 Å². The highest BCUT2D eigenvalue weighted by molar-refractivity contribution is 7.99. The topological polar surface area (TPSA) is 39.2 Å². The first-order valence-electron chi connectivity index (χ1n) is 4.98. The van der Waals surface area contributed by atoms with Gasteiger partial charge in [0.15, 0.2) is 5.78 Å².